The first-order valence-corrected chi connectivity index (χ1v) is 8.58. The number of benzene rings is 2. The molecular formula is C20H22N2O2. The van der Waals surface area contributed by atoms with Crippen LogP contribution >= 0.6 is 0 Å². The zero-order valence-electron chi connectivity index (χ0n) is 13.7. The van der Waals surface area contributed by atoms with Crippen molar-refractivity contribution >= 4 is 6.09 Å². The van der Waals surface area contributed by atoms with Crippen LogP contribution in [0.5, 0.6) is 0 Å². The van der Waals surface area contributed by atoms with Crippen molar-refractivity contribution in [2.24, 2.45) is 0 Å². The third-order valence-electron chi connectivity index (χ3n) is 5.00. The minimum absolute atomic E-state index is 0.174. The summed E-state index contributed by atoms with van der Waals surface area (Å²) in [4.78, 5) is 15.9. The third-order valence-corrected chi connectivity index (χ3v) is 5.00. The van der Waals surface area contributed by atoms with Gasteiger partial charge < -0.3 is 9.64 Å². The third kappa shape index (κ3) is 3.02. The second-order valence-electron chi connectivity index (χ2n) is 6.50. The van der Waals surface area contributed by atoms with Gasteiger partial charge in [-0.25, -0.2) is 4.79 Å². The number of carbonyl (C=O) groups excluding carboxylic acids is 1. The van der Waals surface area contributed by atoms with E-state index in [1.165, 1.54) is 16.7 Å². The predicted octanol–water partition coefficient (Wildman–Crippen LogP) is 3.09. The molecule has 4 heteroatoms. The van der Waals surface area contributed by atoms with E-state index in [-0.39, 0.29) is 6.09 Å². The van der Waals surface area contributed by atoms with Crippen molar-refractivity contribution < 1.29 is 9.53 Å². The highest BCUT2D eigenvalue weighted by atomic mass is 16.6. The summed E-state index contributed by atoms with van der Waals surface area (Å²) >= 11 is 0. The molecular weight excluding hydrogens is 300 g/mol. The Morgan fingerprint density at radius 2 is 1.79 bits per heavy atom. The van der Waals surface area contributed by atoms with E-state index in [9.17, 15) is 4.79 Å². The summed E-state index contributed by atoms with van der Waals surface area (Å²) in [6.07, 6.45) is -0.174. The number of hydrogen-bond donors (Lipinski definition) is 0. The molecule has 24 heavy (non-hydrogen) atoms. The van der Waals surface area contributed by atoms with E-state index in [4.69, 9.17) is 4.74 Å². The van der Waals surface area contributed by atoms with E-state index in [0.717, 1.165) is 26.2 Å². The van der Waals surface area contributed by atoms with Gasteiger partial charge in [-0.1, -0.05) is 54.6 Å². The van der Waals surface area contributed by atoms with E-state index in [1.54, 1.807) is 4.90 Å². The molecule has 2 aromatic rings. The molecule has 1 atom stereocenters. The summed E-state index contributed by atoms with van der Waals surface area (Å²) in [6, 6.07) is 19.4. The first-order chi connectivity index (χ1) is 11.8. The molecule has 4 rings (SSSR count). The van der Waals surface area contributed by atoms with Gasteiger partial charge in [0.05, 0.1) is 6.54 Å². The molecule has 1 unspecified atom stereocenters. The van der Waals surface area contributed by atoms with Crippen LogP contribution in [0.4, 0.5) is 4.79 Å². The number of carbonyl (C=O) groups is 1. The van der Waals surface area contributed by atoms with Crippen molar-refractivity contribution in [3.63, 3.8) is 0 Å². The number of cyclic esters (lactones) is 1. The van der Waals surface area contributed by atoms with Crippen LogP contribution in [-0.4, -0.2) is 48.7 Å². The van der Waals surface area contributed by atoms with Crippen molar-refractivity contribution in [2.75, 3.05) is 32.8 Å². The summed E-state index contributed by atoms with van der Waals surface area (Å²) in [5.74, 6) is 0.390. The lowest BCUT2D eigenvalue weighted by Gasteiger charge is -2.35. The summed E-state index contributed by atoms with van der Waals surface area (Å²) < 4.78 is 5.02. The molecule has 1 saturated heterocycles. The van der Waals surface area contributed by atoms with Gasteiger partial charge >= 0.3 is 6.09 Å². The Morgan fingerprint density at radius 1 is 1.00 bits per heavy atom. The summed E-state index contributed by atoms with van der Waals surface area (Å²) in [7, 11) is 0. The maximum Gasteiger partial charge on any atom is 0.409 e. The highest BCUT2D eigenvalue weighted by molar-refractivity contribution is 5.69. The molecule has 2 aromatic carbocycles. The van der Waals surface area contributed by atoms with Gasteiger partial charge in [0, 0.05) is 32.1 Å². The Bertz CT molecular complexity index is 717. The molecule has 0 saturated carbocycles. The van der Waals surface area contributed by atoms with Crippen LogP contribution in [0.1, 0.15) is 22.6 Å². The average Bonchev–Trinajstić information content (AvgIpc) is 3.05. The van der Waals surface area contributed by atoms with Gasteiger partial charge in [-0.05, 0) is 16.7 Å². The topological polar surface area (TPSA) is 32.8 Å². The highest BCUT2D eigenvalue weighted by Gasteiger charge is 2.28. The molecule has 0 bridgehead atoms. The fraction of sp³-hybridized carbons (Fsp3) is 0.350. The van der Waals surface area contributed by atoms with Gasteiger partial charge in [0.15, 0.2) is 0 Å². The van der Waals surface area contributed by atoms with Gasteiger partial charge in [0.25, 0.3) is 0 Å². The van der Waals surface area contributed by atoms with E-state index in [0.29, 0.717) is 19.1 Å². The van der Waals surface area contributed by atoms with Crippen molar-refractivity contribution in [2.45, 2.75) is 12.5 Å². The largest absolute Gasteiger partial charge is 0.448 e. The Balaban J connectivity index is 1.53. The summed E-state index contributed by atoms with van der Waals surface area (Å²) in [5, 5.41) is 0. The van der Waals surface area contributed by atoms with E-state index < -0.39 is 0 Å². The predicted molar refractivity (Wildman–Crippen MR) is 92.9 cm³/mol. The van der Waals surface area contributed by atoms with Gasteiger partial charge in [-0.15, -0.1) is 0 Å². The van der Waals surface area contributed by atoms with Gasteiger partial charge in [-0.2, -0.15) is 0 Å². The maximum atomic E-state index is 11.6. The zero-order chi connectivity index (χ0) is 16.4. The number of amides is 1. The minimum Gasteiger partial charge on any atom is -0.448 e. The first kappa shape index (κ1) is 15.2. The maximum absolute atomic E-state index is 11.6. The Hall–Kier alpha value is -2.33. The smallest absolute Gasteiger partial charge is 0.409 e. The number of nitrogens with zero attached hydrogens (tertiary/aromatic N) is 2. The fourth-order valence-corrected chi connectivity index (χ4v) is 3.71. The lowest BCUT2D eigenvalue weighted by molar-refractivity contribution is 0.151. The number of ether oxygens (including phenoxy) is 1. The van der Waals surface area contributed by atoms with Crippen LogP contribution in [0.25, 0.3) is 0 Å². The minimum atomic E-state index is -0.174. The molecule has 4 nitrogen and oxygen atoms in total. The zero-order valence-corrected chi connectivity index (χ0v) is 13.7. The normalized spacial score (nSPS) is 20.8. The number of fused-ring (bicyclic) bond motifs is 1. The monoisotopic (exact) mass is 322 g/mol. The van der Waals surface area contributed by atoms with Crippen LogP contribution in [0.2, 0.25) is 0 Å². The van der Waals surface area contributed by atoms with Crippen LogP contribution in [0.15, 0.2) is 54.6 Å². The lowest BCUT2D eigenvalue weighted by atomic mass is 9.85. The number of hydrogen-bond acceptors (Lipinski definition) is 3. The van der Waals surface area contributed by atoms with Gasteiger partial charge in [0.2, 0.25) is 0 Å². The van der Waals surface area contributed by atoms with E-state index in [1.807, 2.05) is 0 Å². The quantitative estimate of drug-likeness (QED) is 0.867. The lowest BCUT2D eigenvalue weighted by Crippen LogP contribution is -2.40. The molecule has 124 valence electrons. The molecule has 0 aromatic heterocycles. The average molecular weight is 322 g/mol. The van der Waals surface area contributed by atoms with Crippen LogP contribution in [0.3, 0.4) is 0 Å². The molecule has 0 radical (unpaired) electrons. The molecule has 0 spiro atoms. The van der Waals surface area contributed by atoms with Crippen LogP contribution < -0.4 is 0 Å². The molecule has 2 heterocycles. The van der Waals surface area contributed by atoms with Crippen molar-refractivity contribution in [1.29, 1.82) is 0 Å². The Labute approximate surface area is 142 Å². The van der Waals surface area contributed by atoms with Crippen LogP contribution in [-0.2, 0) is 11.3 Å². The molecule has 1 amide bonds. The van der Waals surface area contributed by atoms with Gasteiger partial charge in [0.1, 0.15) is 6.61 Å². The molecule has 0 aliphatic carbocycles. The SMILES string of the molecule is O=C1OCCN1CCN1Cc2ccccc2C(c2ccccc2)C1. The van der Waals surface area contributed by atoms with Crippen LogP contribution in [0, 0.1) is 0 Å². The highest BCUT2D eigenvalue weighted by Crippen LogP contribution is 2.33. The summed E-state index contributed by atoms with van der Waals surface area (Å²) in [5.41, 5.74) is 4.18. The molecule has 1 fully saturated rings. The van der Waals surface area contributed by atoms with Crippen molar-refractivity contribution in [3.8, 4) is 0 Å². The first-order valence-electron chi connectivity index (χ1n) is 8.58. The summed E-state index contributed by atoms with van der Waals surface area (Å²) in [6.45, 7) is 4.79. The Morgan fingerprint density at radius 3 is 2.58 bits per heavy atom. The standard InChI is InChI=1S/C20H22N2O2/c23-20-22(12-13-24-20)11-10-21-14-17-8-4-5-9-18(17)19(15-21)16-6-2-1-3-7-16/h1-9,19H,10-15H2. The molecule has 0 N–H and O–H groups in total. The van der Waals surface area contributed by atoms with Crippen molar-refractivity contribution in [3.05, 3.63) is 71.3 Å². The number of rotatable bonds is 4. The van der Waals surface area contributed by atoms with E-state index in [2.05, 4.69) is 59.5 Å². The second-order valence-corrected chi connectivity index (χ2v) is 6.50. The van der Waals surface area contributed by atoms with E-state index >= 15 is 0 Å². The van der Waals surface area contributed by atoms with Gasteiger partial charge in [-0.3, -0.25) is 4.90 Å². The van der Waals surface area contributed by atoms with Crippen molar-refractivity contribution in [1.82, 2.24) is 9.80 Å². The second kappa shape index (κ2) is 6.65. The molecule has 2 aliphatic rings. The molecule has 2 aliphatic heterocycles. The fourth-order valence-electron chi connectivity index (χ4n) is 3.71. The Kier molecular flexibility index (Phi) is 4.22.